The van der Waals surface area contributed by atoms with Gasteiger partial charge in [-0.05, 0) is 24.3 Å². The molecule has 9 nitrogen and oxygen atoms in total. The lowest BCUT2D eigenvalue weighted by Crippen LogP contribution is -2.37. The smallest absolute Gasteiger partial charge is 0.315 e. The van der Waals surface area contributed by atoms with Gasteiger partial charge in [0.15, 0.2) is 17.3 Å². The molecule has 0 bridgehead atoms. The predicted molar refractivity (Wildman–Crippen MR) is 99.7 cm³/mol. The Balaban J connectivity index is 1.20. The summed E-state index contributed by atoms with van der Waals surface area (Å²) in [6.07, 6.45) is 1.61. The molecule has 3 aromatic rings. The first-order chi connectivity index (χ1) is 13.8. The molecular weight excluding hydrogens is 362 g/mol. The van der Waals surface area contributed by atoms with Crippen molar-refractivity contribution < 1.29 is 19.0 Å². The maximum atomic E-state index is 12.0. The van der Waals surface area contributed by atoms with Gasteiger partial charge < -0.3 is 24.8 Å². The molecule has 1 aliphatic heterocycles. The molecule has 1 aliphatic rings. The average Bonchev–Trinajstić information content (AvgIpc) is 3.39. The van der Waals surface area contributed by atoms with Crippen LogP contribution in [0.15, 0.2) is 54.9 Å². The van der Waals surface area contributed by atoms with E-state index in [4.69, 9.17) is 14.2 Å². The summed E-state index contributed by atoms with van der Waals surface area (Å²) >= 11 is 0. The van der Waals surface area contributed by atoms with Crippen molar-refractivity contribution in [1.29, 1.82) is 0 Å². The van der Waals surface area contributed by atoms with E-state index in [2.05, 4.69) is 20.8 Å². The summed E-state index contributed by atoms with van der Waals surface area (Å²) in [5.74, 6) is 2.65. The standard InChI is InChI=1S/C19H19N5O4/c25-19(20-8-9-26-15-6-7-16-17(10-15)28-13-27-16)21-11-18-23-22-12-24(18)14-4-2-1-3-5-14/h1-7,10,12H,8-9,11,13H2,(H2,20,21,25). The van der Waals surface area contributed by atoms with Crippen molar-refractivity contribution in [2.45, 2.75) is 6.54 Å². The first-order valence-electron chi connectivity index (χ1n) is 8.78. The number of hydrogen-bond acceptors (Lipinski definition) is 6. The van der Waals surface area contributed by atoms with Crippen molar-refractivity contribution >= 4 is 6.03 Å². The number of carbonyl (C=O) groups is 1. The average molecular weight is 381 g/mol. The van der Waals surface area contributed by atoms with Crippen LogP contribution in [0.1, 0.15) is 5.82 Å². The molecule has 28 heavy (non-hydrogen) atoms. The Hall–Kier alpha value is -3.75. The predicted octanol–water partition coefficient (Wildman–Crippen LogP) is 1.87. The molecule has 0 radical (unpaired) electrons. The molecule has 0 saturated carbocycles. The van der Waals surface area contributed by atoms with E-state index in [0.717, 1.165) is 5.69 Å². The number of carbonyl (C=O) groups excluding carboxylic acids is 1. The van der Waals surface area contributed by atoms with Gasteiger partial charge in [-0.15, -0.1) is 10.2 Å². The number of nitrogens with one attached hydrogen (secondary N) is 2. The fourth-order valence-electron chi connectivity index (χ4n) is 2.71. The Morgan fingerprint density at radius 3 is 2.86 bits per heavy atom. The number of para-hydroxylation sites is 1. The highest BCUT2D eigenvalue weighted by Crippen LogP contribution is 2.34. The monoisotopic (exact) mass is 381 g/mol. The molecule has 0 atom stereocenters. The number of aromatic nitrogens is 3. The van der Waals surface area contributed by atoms with Crippen LogP contribution in [0.2, 0.25) is 0 Å². The Morgan fingerprint density at radius 2 is 1.96 bits per heavy atom. The van der Waals surface area contributed by atoms with Crippen LogP contribution in [-0.2, 0) is 6.54 Å². The molecule has 0 unspecified atom stereocenters. The molecule has 0 fully saturated rings. The van der Waals surface area contributed by atoms with Crippen molar-refractivity contribution in [3.63, 3.8) is 0 Å². The number of fused-ring (bicyclic) bond motifs is 1. The van der Waals surface area contributed by atoms with E-state index < -0.39 is 0 Å². The lowest BCUT2D eigenvalue weighted by atomic mass is 10.3. The Bertz CT molecular complexity index is 945. The molecule has 0 aliphatic carbocycles. The number of ether oxygens (including phenoxy) is 3. The summed E-state index contributed by atoms with van der Waals surface area (Å²) in [4.78, 5) is 12.0. The fraction of sp³-hybridized carbons (Fsp3) is 0.211. The Labute approximate surface area is 161 Å². The third kappa shape index (κ3) is 4.14. The van der Waals surface area contributed by atoms with Gasteiger partial charge in [0, 0.05) is 11.8 Å². The molecule has 9 heteroatoms. The first-order valence-corrected chi connectivity index (χ1v) is 8.78. The van der Waals surface area contributed by atoms with Gasteiger partial charge in [-0.3, -0.25) is 4.57 Å². The minimum absolute atomic E-state index is 0.221. The zero-order chi connectivity index (χ0) is 19.2. The summed E-state index contributed by atoms with van der Waals surface area (Å²) < 4.78 is 18.0. The van der Waals surface area contributed by atoms with Gasteiger partial charge in [0.1, 0.15) is 18.7 Å². The first kappa shape index (κ1) is 17.7. The second kappa shape index (κ2) is 8.30. The van der Waals surface area contributed by atoms with Gasteiger partial charge in [-0.2, -0.15) is 0 Å². The molecule has 4 rings (SSSR count). The van der Waals surface area contributed by atoms with Crippen LogP contribution in [-0.4, -0.2) is 40.7 Å². The van der Waals surface area contributed by atoms with E-state index >= 15 is 0 Å². The van der Waals surface area contributed by atoms with Crippen LogP contribution in [0.5, 0.6) is 17.2 Å². The lowest BCUT2D eigenvalue weighted by Gasteiger charge is -2.10. The SMILES string of the molecule is O=C(NCCOc1ccc2c(c1)OCO2)NCc1nncn1-c1ccccc1. The molecule has 2 aromatic carbocycles. The van der Waals surface area contributed by atoms with Gasteiger partial charge in [0.05, 0.1) is 13.1 Å². The quantitative estimate of drug-likeness (QED) is 0.606. The van der Waals surface area contributed by atoms with Crippen LogP contribution in [0.3, 0.4) is 0 Å². The molecular formula is C19H19N5O4. The molecule has 2 heterocycles. The lowest BCUT2D eigenvalue weighted by molar-refractivity contribution is 0.173. The number of urea groups is 1. The van der Waals surface area contributed by atoms with Crippen LogP contribution in [0.25, 0.3) is 5.69 Å². The van der Waals surface area contributed by atoms with Gasteiger partial charge in [0.25, 0.3) is 0 Å². The highest BCUT2D eigenvalue weighted by atomic mass is 16.7. The van der Waals surface area contributed by atoms with Gasteiger partial charge in [-0.25, -0.2) is 4.79 Å². The van der Waals surface area contributed by atoms with Crippen molar-refractivity contribution in [2.75, 3.05) is 19.9 Å². The van der Waals surface area contributed by atoms with Crippen LogP contribution in [0.4, 0.5) is 4.79 Å². The normalized spacial score (nSPS) is 11.9. The summed E-state index contributed by atoms with van der Waals surface area (Å²) in [6.45, 7) is 1.15. The molecule has 2 amide bonds. The van der Waals surface area contributed by atoms with Gasteiger partial charge in [0.2, 0.25) is 6.79 Å². The molecule has 144 valence electrons. The maximum Gasteiger partial charge on any atom is 0.315 e. The number of rotatable bonds is 7. The summed E-state index contributed by atoms with van der Waals surface area (Å²) in [5, 5.41) is 13.5. The van der Waals surface area contributed by atoms with E-state index in [1.165, 1.54) is 0 Å². The number of benzene rings is 2. The maximum absolute atomic E-state index is 12.0. The van der Waals surface area contributed by atoms with Crippen molar-refractivity contribution in [1.82, 2.24) is 25.4 Å². The second-order valence-electron chi connectivity index (χ2n) is 5.93. The van der Waals surface area contributed by atoms with Crippen molar-refractivity contribution in [2.24, 2.45) is 0 Å². The van der Waals surface area contributed by atoms with E-state index in [-0.39, 0.29) is 19.4 Å². The Kier molecular flexibility index (Phi) is 5.23. The largest absolute Gasteiger partial charge is 0.492 e. The number of hydrogen-bond donors (Lipinski definition) is 2. The highest BCUT2D eigenvalue weighted by molar-refractivity contribution is 5.73. The zero-order valence-electron chi connectivity index (χ0n) is 15.0. The minimum Gasteiger partial charge on any atom is -0.492 e. The van der Waals surface area contributed by atoms with E-state index in [0.29, 0.717) is 36.2 Å². The summed E-state index contributed by atoms with van der Waals surface area (Å²) in [5.41, 5.74) is 0.932. The highest BCUT2D eigenvalue weighted by Gasteiger charge is 2.13. The third-order valence-electron chi connectivity index (χ3n) is 4.06. The number of nitrogens with zero attached hydrogens (tertiary/aromatic N) is 3. The molecule has 0 saturated heterocycles. The minimum atomic E-state index is -0.308. The van der Waals surface area contributed by atoms with E-state index in [9.17, 15) is 4.79 Å². The zero-order valence-corrected chi connectivity index (χ0v) is 15.0. The van der Waals surface area contributed by atoms with E-state index in [1.54, 1.807) is 24.5 Å². The van der Waals surface area contributed by atoms with Gasteiger partial charge >= 0.3 is 6.03 Å². The fourth-order valence-corrected chi connectivity index (χ4v) is 2.71. The van der Waals surface area contributed by atoms with Crippen molar-refractivity contribution in [3.8, 4) is 22.9 Å². The third-order valence-corrected chi connectivity index (χ3v) is 4.06. The molecule has 1 aromatic heterocycles. The molecule has 0 spiro atoms. The summed E-state index contributed by atoms with van der Waals surface area (Å²) in [6, 6.07) is 14.7. The van der Waals surface area contributed by atoms with Gasteiger partial charge in [-0.1, -0.05) is 18.2 Å². The Morgan fingerprint density at radius 1 is 1.11 bits per heavy atom. The van der Waals surface area contributed by atoms with Crippen LogP contribution >= 0.6 is 0 Å². The second-order valence-corrected chi connectivity index (χ2v) is 5.93. The summed E-state index contributed by atoms with van der Waals surface area (Å²) in [7, 11) is 0. The van der Waals surface area contributed by atoms with Crippen molar-refractivity contribution in [3.05, 3.63) is 60.7 Å². The van der Waals surface area contributed by atoms with Crippen LogP contribution in [0, 0.1) is 0 Å². The van der Waals surface area contributed by atoms with E-state index in [1.807, 2.05) is 34.9 Å². The topological polar surface area (TPSA) is 99.5 Å². The molecule has 2 N–H and O–H groups in total. The number of amides is 2. The van der Waals surface area contributed by atoms with Crippen LogP contribution < -0.4 is 24.8 Å².